The van der Waals surface area contributed by atoms with Gasteiger partial charge in [0.05, 0.1) is 6.10 Å². The molecule has 1 aliphatic carbocycles. The number of carbonyl (C=O) groups excluding carboxylic acids is 1. The fourth-order valence-electron chi connectivity index (χ4n) is 1.62. The molecular weight excluding hydrogens is 152 g/mol. The van der Waals surface area contributed by atoms with E-state index in [0.717, 1.165) is 6.42 Å². The summed E-state index contributed by atoms with van der Waals surface area (Å²) in [7, 11) is 0. The topological polar surface area (TPSA) is 37.3 Å². The fourth-order valence-corrected chi connectivity index (χ4v) is 1.62. The summed E-state index contributed by atoms with van der Waals surface area (Å²) in [6.07, 6.45) is 2.90. The van der Waals surface area contributed by atoms with Crippen LogP contribution in [0.4, 0.5) is 0 Å². The molecule has 1 N–H and O–H groups in total. The van der Waals surface area contributed by atoms with Gasteiger partial charge in [0.25, 0.3) is 0 Å². The fraction of sp³-hybridized carbons (Fsp3) is 0.700. The van der Waals surface area contributed by atoms with Crippen LogP contribution in [0.2, 0.25) is 0 Å². The molecule has 0 aliphatic heterocycles. The smallest absolute Gasteiger partial charge is 0.158 e. The van der Waals surface area contributed by atoms with E-state index in [9.17, 15) is 9.90 Å². The lowest BCUT2D eigenvalue weighted by atomic mass is 9.76. The second-order valence-electron chi connectivity index (χ2n) is 4.30. The lowest BCUT2D eigenvalue weighted by Crippen LogP contribution is -2.28. The number of ketones is 1. The van der Waals surface area contributed by atoms with Crippen molar-refractivity contribution in [2.75, 3.05) is 0 Å². The predicted octanol–water partition coefficient (Wildman–Crippen LogP) is 1.68. The normalized spacial score (nSPS) is 28.0. The van der Waals surface area contributed by atoms with Crippen LogP contribution in [0.15, 0.2) is 11.6 Å². The molecule has 2 nitrogen and oxygen atoms in total. The van der Waals surface area contributed by atoms with Gasteiger partial charge in [0, 0.05) is 5.57 Å². The van der Waals surface area contributed by atoms with Crippen LogP contribution in [0.3, 0.4) is 0 Å². The Morgan fingerprint density at radius 1 is 1.67 bits per heavy atom. The Morgan fingerprint density at radius 2 is 2.25 bits per heavy atom. The second-order valence-corrected chi connectivity index (χ2v) is 4.30. The van der Waals surface area contributed by atoms with E-state index in [1.54, 1.807) is 0 Å². The molecule has 0 bridgehead atoms. The first-order valence-electron chi connectivity index (χ1n) is 4.31. The third-order valence-electron chi connectivity index (χ3n) is 2.39. The molecule has 0 unspecified atom stereocenters. The van der Waals surface area contributed by atoms with Crippen molar-refractivity contribution in [1.29, 1.82) is 0 Å². The molecule has 0 saturated heterocycles. The van der Waals surface area contributed by atoms with Gasteiger partial charge in [-0.05, 0) is 25.2 Å². The van der Waals surface area contributed by atoms with Crippen molar-refractivity contribution in [2.45, 2.75) is 39.7 Å². The summed E-state index contributed by atoms with van der Waals surface area (Å²) < 4.78 is 0. The van der Waals surface area contributed by atoms with Crippen molar-refractivity contribution in [2.24, 2.45) is 5.41 Å². The van der Waals surface area contributed by atoms with E-state index in [0.29, 0.717) is 12.0 Å². The number of allylic oxidation sites excluding steroid dienone is 1. The number of rotatable bonds is 1. The Labute approximate surface area is 73.3 Å². The van der Waals surface area contributed by atoms with Crippen LogP contribution in [-0.4, -0.2) is 17.0 Å². The zero-order valence-corrected chi connectivity index (χ0v) is 7.92. The highest BCUT2D eigenvalue weighted by Crippen LogP contribution is 2.34. The minimum Gasteiger partial charge on any atom is -0.388 e. The third-order valence-corrected chi connectivity index (χ3v) is 2.39. The van der Waals surface area contributed by atoms with Crippen LogP contribution >= 0.6 is 0 Å². The van der Waals surface area contributed by atoms with E-state index >= 15 is 0 Å². The molecule has 0 aromatic carbocycles. The molecule has 2 heteroatoms. The monoisotopic (exact) mass is 168 g/mol. The summed E-state index contributed by atoms with van der Waals surface area (Å²) in [5, 5.41) is 9.59. The first-order chi connectivity index (χ1) is 5.42. The molecule has 0 aromatic heterocycles. The Kier molecular flexibility index (Phi) is 2.38. The van der Waals surface area contributed by atoms with Gasteiger partial charge in [-0.2, -0.15) is 0 Å². The van der Waals surface area contributed by atoms with Crippen molar-refractivity contribution >= 4 is 5.78 Å². The molecule has 1 aliphatic rings. The Hall–Kier alpha value is -0.630. The van der Waals surface area contributed by atoms with Crippen molar-refractivity contribution in [1.82, 2.24) is 0 Å². The van der Waals surface area contributed by atoms with E-state index in [1.807, 2.05) is 6.08 Å². The SMILES string of the molecule is CC(=O)C1=CCC(C)(C)C[C@@H]1O. The zero-order chi connectivity index (χ0) is 9.35. The zero-order valence-electron chi connectivity index (χ0n) is 7.92. The van der Waals surface area contributed by atoms with Gasteiger partial charge in [-0.25, -0.2) is 0 Å². The highest BCUT2D eigenvalue weighted by Gasteiger charge is 2.29. The summed E-state index contributed by atoms with van der Waals surface area (Å²) in [5.74, 6) is -0.00185. The molecule has 1 atom stereocenters. The highest BCUT2D eigenvalue weighted by molar-refractivity contribution is 5.94. The molecule has 0 fully saturated rings. The van der Waals surface area contributed by atoms with E-state index in [-0.39, 0.29) is 11.2 Å². The van der Waals surface area contributed by atoms with Crippen LogP contribution in [-0.2, 0) is 4.79 Å². The summed E-state index contributed by atoms with van der Waals surface area (Å²) in [4.78, 5) is 11.0. The highest BCUT2D eigenvalue weighted by atomic mass is 16.3. The molecule has 0 saturated carbocycles. The molecule has 0 amide bonds. The van der Waals surface area contributed by atoms with E-state index in [2.05, 4.69) is 13.8 Å². The Balaban J connectivity index is 2.81. The maximum Gasteiger partial charge on any atom is 0.158 e. The van der Waals surface area contributed by atoms with E-state index in [4.69, 9.17) is 0 Å². The summed E-state index contributed by atoms with van der Waals surface area (Å²) in [6, 6.07) is 0. The van der Waals surface area contributed by atoms with Gasteiger partial charge in [-0.3, -0.25) is 4.79 Å². The molecule has 0 aromatic rings. The van der Waals surface area contributed by atoms with Crippen LogP contribution < -0.4 is 0 Å². The van der Waals surface area contributed by atoms with Gasteiger partial charge in [0.1, 0.15) is 0 Å². The van der Waals surface area contributed by atoms with Gasteiger partial charge in [-0.15, -0.1) is 0 Å². The second kappa shape index (κ2) is 3.02. The van der Waals surface area contributed by atoms with Gasteiger partial charge in [0.15, 0.2) is 5.78 Å². The number of carbonyl (C=O) groups is 1. The van der Waals surface area contributed by atoms with Crippen LogP contribution in [0.1, 0.15) is 33.6 Å². The number of aliphatic hydroxyl groups is 1. The van der Waals surface area contributed by atoms with Gasteiger partial charge >= 0.3 is 0 Å². The van der Waals surface area contributed by atoms with Crippen molar-refractivity contribution in [3.8, 4) is 0 Å². The molecule has 1 rings (SSSR count). The van der Waals surface area contributed by atoms with E-state index in [1.165, 1.54) is 6.92 Å². The number of hydrogen-bond acceptors (Lipinski definition) is 2. The molecule has 12 heavy (non-hydrogen) atoms. The number of Topliss-reactive ketones (excluding diaryl/α,β-unsaturated/α-hetero) is 1. The van der Waals surface area contributed by atoms with Crippen molar-refractivity contribution < 1.29 is 9.90 Å². The standard InChI is InChI=1S/C10H16O2/c1-7(11)8-4-5-10(2,3)6-9(8)12/h4,9,12H,5-6H2,1-3H3/t9-/m0/s1. The maximum absolute atomic E-state index is 11.0. The van der Waals surface area contributed by atoms with Gasteiger partial charge < -0.3 is 5.11 Å². The summed E-state index contributed by atoms with van der Waals surface area (Å²) in [5.41, 5.74) is 0.729. The number of aliphatic hydroxyl groups excluding tert-OH is 1. The lowest BCUT2D eigenvalue weighted by Gasteiger charge is -2.31. The summed E-state index contributed by atoms with van der Waals surface area (Å²) >= 11 is 0. The number of hydrogen-bond donors (Lipinski definition) is 1. The average Bonchev–Trinajstić information content (AvgIpc) is 1.83. The molecular formula is C10H16O2. The average molecular weight is 168 g/mol. The minimum atomic E-state index is -0.550. The molecule has 0 radical (unpaired) electrons. The van der Waals surface area contributed by atoms with Crippen LogP contribution in [0.5, 0.6) is 0 Å². The maximum atomic E-state index is 11.0. The molecule has 0 heterocycles. The Bertz CT molecular complexity index is 226. The first kappa shape index (κ1) is 9.46. The lowest BCUT2D eigenvalue weighted by molar-refractivity contribution is -0.114. The first-order valence-corrected chi connectivity index (χ1v) is 4.31. The quantitative estimate of drug-likeness (QED) is 0.646. The third kappa shape index (κ3) is 1.95. The van der Waals surface area contributed by atoms with Gasteiger partial charge in [0.2, 0.25) is 0 Å². The van der Waals surface area contributed by atoms with E-state index < -0.39 is 6.10 Å². The molecule has 0 spiro atoms. The van der Waals surface area contributed by atoms with Crippen molar-refractivity contribution in [3.05, 3.63) is 11.6 Å². The summed E-state index contributed by atoms with van der Waals surface area (Å²) in [6.45, 7) is 5.71. The Morgan fingerprint density at radius 3 is 2.67 bits per heavy atom. The van der Waals surface area contributed by atoms with Crippen LogP contribution in [0.25, 0.3) is 0 Å². The van der Waals surface area contributed by atoms with Gasteiger partial charge in [-0.1, -0.05) is 19.9 Å². The molecule has 68 valence electrons. The van der Waals surface area contributed by atoms with Crippen molar-refractivity contribution in [3.63, 3.8) is 0 Å². The minimum absolute atomic E-state index is 0.00185. The predicted molar refractivity (Wildman–Crippen MR) is 47.8 cm³/mol. The van der Waals surface area contributed by atoms with Crippen LogP contribution in [0, 0.1) is 5.41 Å². The largest absolute Gasteiger partial charge is 0.388 e.